The second-order valence-electron chi connectivity index (χ2n) is 5.19. The van der Waals surface area contributed by atoms with Gasteiger partial charge in [-0.3, -0.25) is 9.59 Å². The van der Waals surface area contributed by atoms with Gasteiger partial charge in [0.15, 0.2) is 6.61 Å². The Kier molecular flexibility index (Phi) is 5.88. The summed E-state index contributed by atoms with van der Waals surface area (Å²) in [5, 5.41) is 3.37. The highest BCUT2D eigenvalue weighted by Gasteiger charge is 2.19. The molecular weight excluding hydrogens is 313 g/mol. The predicted octanol–water partition coefficient (Wildman–Crippen LogP) is 4.06. The molecule has 0 aromatic heterocycles. The summed E-state index contributed by atoms with van der Waals surface area (Å²) in [4.78, 5) is 23.3. The van der Waals surface area contributed by atoms with E-state index in [-0.39, 0.29) is 12.6 Å². The lowest BCUT2D eigenvalue weighted by atomic mass is 10.1. The molecule has 1 aliphatic rings. The number of ether oxygens (including phenoxy) is 1. The third-order valence-electron chi connectivity index (χ3n) is 3.50. The fraction of sp³-hybridized carbons (Fsp3) is 0.467. The van der Waals surface area contributed by atoms with Gasteiger partial charge >= 0.3 is 5.97 Å². The quantitative estimate of drug-likeness (QED) is 0.829. The maximum atomic E-state index is 11.7. The topological polar surface area (TPSA) is 55.4 Å². The van der Waals surface area contributed by atoms with Crippen LogP contribution >= 0.6 is 23.2 Å². The highest BCUT2D eigenvalue weighted by Crippen LogP contribution is 2.27. The van der Waals surface area contributed by atoms with Crippen LogP contribution < -0.4 is 5.32 Å². The Hall–Kier alpha value is -1.26. The zero-order valence-electron chi connectivity index (χ0n) is 11.5. The summed E-state index contributed by atoms with van der Waals surface area (Å²) in [5.41, 5.74) is 0.515. The van der Waals surface area contributed by atoms with Crippen molar-refractivity contribution in [1.82, 2.24) is 0 Å². The summed E-state index contributed by atoms with van der Waals surface area (Å²) < 4.78 is 4.98. The predicted molar refractivity (Wildman–Crippen MR) is 82.6 cm³/mol. The number of amides is 1. The third kappa shape index (κ3) is 5.21. The van der Waals surface area contributed by atoms with Gasteiger partial charge in [0.05, 0.1) is 10.0 Å². The van der Waals surface area contributed by atoms with Crippen LogP contribution in [-0.2, 0) is 14.3 Å². The Balaban J connectivity index is 1.73. The Morgan fingerprint density at radius 1 is 1.19 bits per heavy atom. The van der Waals surface area contributed by atoms with Gasteiger partial charge < -0.3 is 10.1 Å². The third-order valence-corrected chi connectivity index (χ3v) is 4.24. The van der Waals surface area contributed by atoms with Gasteiger partial charge in [-0.15, -0.1) is 0 Å². The van der Waals surface area contributed by atoms with Crippen LogP contribution in [0, 0.1) is 5.92 Å². The van der Waals surface area contributed by atoms with Gasteiger partial charge in [-0.2, -0.15) is 0 Å². The number of nitrogens with one attached hydrogen (secondary N) is 1. The van der Waals surface area contributed by atoms with Crippen LogP contribution in [0.1, 0.15) is 32.1 Å². The lowest BCUT2D eigenvalue weighted by Gasteiger charge is -2.09. The fourth-order valence-electron chi connectivity index (χ4n) is 2.43. The molecule has 114 valence electrons. The lowest BCUT2D eigenvalue weighted by Crippen LogP contribution is -2.21. The average Bonchev–Trinajstić information content (AvgIpc) is 2.93. The van der Waals surface area contributed by atoms with Crippen LogP contribution in [0.4, 0.5) is 5.69 Å². The summed E-state index contributed by atoms with van der Waals surface area (Å²) in [6, 6.07) is 4.76. The zero-order chi connectivity index (χ0) is 15.2. The Morgan fingerprint density at radius 3 is 2.57 bits per heavy atom. The maximum Gasteiger partial charge on any atom is 0.306 e. The largest absolute Gasteiger partial charge is 0.456 e. The molecule has 1 N–H and O–H groups in total. The number of carbonyl (C=O) groups is 2. The van der Waals surface area contributed by atoms with Gasteiger partial charge in [0.1, 0.15) is 0 Å². The van der Waals surface area contributed by atoms with Crippen molar-refractivity contribution in [2.24, 2.45) is 5.92 Å². The minimum absolute atomic E-state index is 0.286. The standard InChI is InChI=1S/C15H17Cl2NO3/c16-12-6-5-11(8-13(12)17)18-14(19)9-21-15(20)7-10-3-1-2-4-10/h5-6,8,10H,1-4,7,9H2,(H,18,19). The van der Waals surface area contributed by atoms with Crippen LogP contribution in [0.25, 0.3) is 0 Å². The first-order chi connectivity index (χ1) is 10.0. The summed E-state index contributed by atoms with van der Waals surface area (Å²) in [6.45, 7) is -0.286. The van der Waals surface area contributed by atoms with E-state index >= 15 is 0 Å². The first-order valence-electron chi connectivity index (χ1n) is 6.95. The smallest absolute Gasteiger partial charge is 0.306 e. The van der Waals surface area contributed by atoms with Crippen LogP contribution in [-0.4, -0.2) is 18.5 Å². The van der Waals surface area contributed by atoms with E-state index in [1.54, 1.807) is 18.2 Å². The summed E-state index contributed by atoms with van der Waals surface area (Å²) >= 11 is 11.6. The monoisotopic (exact) mass is 329 g/mol. The van der Waals surface area contributed by atoms with E-state index in [0.717, 1.165) is 12.8 Å². The molecule has 2 rings (SSSR count). The van der Waals surface area contributed by atoms with Crippen LogP contribution in [0.15, 0.2) is 18.2 Å². The normalized spacial score (nSPS) is 15.0. The van der Waals surface area contributed by atoms with Crippen molar-refractivity contribution in [3.63, 3.8) is 0 Å². The Morgan fingerprint density at radius 2 is 1.90 bits per heavy atom. The van der Waals surface area contributed by atoms with Crippen molar-refractivity contribution < 1.29 is 14.3 Å². The van der Waals surface area contributed by atoms with Gasteiger partial charge in [0, 0.05) is 12.1 Å². The minimum Gasteiger partial charge on any atom is -0.456 e. The fourth-order valence-corrected chi connectivity index (χ4v) is 2.72. The Bertz CT molecular complexity index is 528. The van der Waals surface area contributed by atoms with Gasteiger partial charge in [-0.25, -0.2) is 0 Å². The summed E-state index contributed by atoms with van der Waals surface area (Å²) in [7, 11) is 0. The molecule has 1 saturated carbocycles. The highest BCUT2D eigenvalue weighted by atomic mass is 35.5. The molecule has 0 atom stereocenters. The first-order valence-corrected chi connectivity index (χ1v) is 7.70. The molecule has 1 aromatic rings. The summed E-state index contributed by atoms with van der Waals surface area (Å²) in [6.07, 6.45) is 4.90. The molecule has 0 heterocycles. The second kappa shape index (κ2) is 7.66. The lowest BCUT2D eigenvalue weighted by molar-refractivity contribution is -0.148. The van der Waals surface area contributed by atoms with E-state index in [1.807, 2.05) is 0 Å². The maximum absolute atomic E-state index is 11.7. The molecule has 1 aliphatic carbocycles. The van der Waals surface area contributed by atoms with Crippen molar-refractivity contribution in [2.75, 3.05) is 11.9 Å². The van der Waals surface area contributed by atoms with Crippen molar-refractivity contribution in [3.05, 3.63) is 28.2 Å². The molecule has 1 amide bonds. The molecule has 1 aromatic carbocycles. The molecular formula is C15H17Cl2NO3. The minimum atomic E-state index is -0.395. The number of anilines is 1. The van der Waals surface area contributed by atoms with E-state index in [2.05, 4.69) is 5.32 Å². The van der Waals surface area contributed by atoms with E-state index in [9.17, 15) is 9.59 Å². The zero-order valence-corrected chi connectivity index (χ0v) is 13.0. The number of carbonyl (C=O) groups excluding carboxylic acids is 2. The average molecular weight is 330 g/mol. The van der Waals surface area contributed by atoms with Crippen molar-refractivity contribution in [1.29, 1.82) is 0 Å². The van der Waals surface area contributed by atoms with Crippen molar-refractivity contribution in [3.8, 4) is 0 Å². The number of hydrogen-bond acceptors (Lipinski definition) is 3. The number of hydrogen-bond donors (Lipinski definition) is 1. The van der Waals surface area contributed by atoms with E-state index in [1.165, 1.54) is 12.8 Å². The second-order valence-corrected chi connectivity index (χ2v) is 6.01. The van der Waals surface area contributed by atoms with Gasteiger partial charge in [0.2, 0.25) is 0 Å². The SMILES string of the molecule is O=C(COC(=O)CC1CCCC1)Nc1ccc(Cl)c(Cl)c1. The van der Waals surface area contributed by atoms with E-state index in [4.69, 9.17) is 27.9 Å². The van der Waals surface area contributed by atoms with Crippen LogP contribution in [0.5, 0.6) is 0 Å². The first kappa shape index (κ1) is 16.1. The van der Waals surface area contributed by atoms with Crippen LogP contribution in [0.3, 0.4) is 0 Å². The molecule has 0 bridgehead atoms. The van der Waals surface area contributed by atoms with Gasteiger partial charge in [-0.1, -0.05) is 36.0 Å². The molecule has 0 aliphatic heterocycles. The summed E-state index contributed by atoms with van der Waals surface area (Å²) in [5.74, 6) is -0.296. The number of halogens is 2. The molecule has 21 heavy (non-hydrogen) atoms. The van der Waals surface area contributed by atoms with Gasteiger partial charge in [-0.05, 0) is 37.0 Å². The molecule has 0 saturated heterocycles. The van der Waals surface area contributed by atoms with Crippen molar-refractivity contribution >= 4 is 40.8 Å². The highest BCUT2D eigenvalue weighted by molar-refractivity contribution is 6.42. The van der Waals surface area contributed by atoms with Crippen molar-refractivity contribution in [2.45, 2.75) is 32.1 Å². The molecule has 0 unspecified atom stereocenters. The molecule has 6 heteroatoms. The van der Waals surface area contributed by atoms with E-state index < -0.39 is 5.91 Å². The number of esters is 1. The molecule has 0 spiro atoms. The number of rotatable bonds is 5. The molecule has 4 nitrogen and oxygen atoms in total. The van der Waals surface area contributed by atoms with E-state index in [0.29, 0.717) is 28.1 Å². The molecule has 1 fully saturated rings. The van der Waals surface area contributed by atoms with Gasteiger partial charge in [0.25, 0.3) is 5.91 Å². The Labute approximate surface area is 133 Å². The number of benzene rings is 1. The van der Waals surface area contributed by atoms with Crippen LogP contribution in [0.2, 0.25) is 10.0 Å². The molecule has 0 radical (unpaired) electrons.